The van der Waals surface area contributed by atoms with Gasteiger partial charge in [-0.1, -0.05) is 0 Å². The third-order valence-corrected chi connectivity index (χ3v) is 4.03. The third-order valence-electron chi connectivity index (χ3n) is 4.03. The molecule has 1 N–H and O–H groups in total. The molecule has 0 aromatic carbocycles. The topological polar surface area (TPSA) is 75.4 Å². The molecule has 110 valence electrons. The summed E-state index contributed by atoms with van der Waals surface area (Å²) >= 11 is 0. The molecule has 1 saturated heterocycles. The maximum Gasteiger partial charge on any atom is 0.295 e. The number of aryl methyl sites for hydroxylation is 2. The lowest BCUT2D eigenvalue weighted by Crippen LogP contribution is -2.48. The molecule has 1 aromatic rings. The van der Waals surface area contributed by atoms with Crippen LogP contribution < -0.4 is 0 Å². The number of piperidine rings is 1. The minimum atomic E-state index is -0.525. The van der Waals surface area contributed by atoms with E-state index in [2.05, 4.69) is 5.10 Å². The second-order valence-corrected chi connectivity index (χ2v) is 5.33. The maximum atomic E-state index is 12.4. The predicted molar refractivity (Wildman–Crippen MR) is 73.5 cm³/mol. The summed E-state index contributed by atoms with van der Waals surface area (Å²) in [6, 6.07) is -0.238. The van der Waals surface area contributed by atoms with Gasteiger partial charge >= 0.3 is 0 Å². The van der Waals surface area contributed by atoms with E-state index in [9.17, 15) is 14.7 Å². The summed E-state index contributed by atoms with van der Waals surface area (Å²) in [7, 11) is 1.75. The van der Waals surface area contributed by atoms with Crippen LogP contribution in [0.5, 0.6) is 0 Å². The Labute approximate surface area is 118 Å². The van der Waals surface area contributed by atoms with E-state index in [-0.39, 0.29) is 12.6 Å². The van der Waals surface area contributed by atoms with Crippen LogP contribution in [0.2, 0.25) is 0 Å². The fraction of sp³-hybridized carbons (Fsp3) is 0.643. The van der Waals surface area contributed by atoms with Gasteiger partial charge in [0.15, 0.2) is 0 Å². The van der Waals surface area contributed by atoms with Gasteiger partial charge in [0.25, 0.3) is 11.7 Å². The van der Waals surface area contributed by atoms with E-state index in [1.54, 1.807) is 25.6 Å². The summed E-state index contributed by atoms with van der Waals surface area (Å²) in [6.45, 7) is 3.95. The molecule has 0 radical (unpaired) electrons. The lowest BCUT2D eigenvalue weighted by atomic mass is 10.0. The van der Waals surface area contributed by atoms with Crippen molar-refractivity contribution >= 4 is 11.7 Å². The van der Waals surface area contributed by atoms with Crippen molar-refractivity contribution in [3.05, 3.63) is 17.0 Å². The Kier molecular flexibility index (Phi) is 4.23. The maximum absolute atomic E-state index is 12.4. The molecule has 20 heavy (non-hydrogen) atoms. The van der Waals surface area contributed by atoms with Crippen molar-refractivity contribution < 1.29 is 14.7 Å². The summed E-state index contributed by atoms with van der Waals surface area (Å²) < 4.78 is 1.61. The highest BCUT2D eigenvalue weighted by Gasteiger charge is 2.33. The first-order chi connectivity index (χ1) is 9.47. The summed E-state index contributed by atoms with van der Waals surface area (Å²) in [4.78, 5) is 26.4. The van der Waals surface area contributed by atoms with Crippen molar-refractivity contribution in [1.29, 1.82) is 0 Å². The van der Waals surface area contributed by atoms with Crippen LogP contribution in [0, 0.1) is 13.8 Å². The van der Waals surface area contributed by atoms with Crippen LogP contribution in [0.15, 0.2) is 0 Å². The molecule has 2 rings (SSSR count). The average molecular weight is 279 g/mol. The van der Waals surface area contributed by atoms with Gasteiger partial charge in [0.1, 0.15) is 0 Å². The van der Waals surface area contributed by atoms with Crippen LogP contribution >= 0.6 is 0 Å². The molecule has 1 aliphatic heterocycles. The second kappa shape index (κ2) is 5.75. The van der Waals surface area contributed by atoms with Crippen LogP contribution in [0.3, 0.4) is 0 Å². The molecule has 2 heterocycles. The Bertz CT molecular complexity index is 536. The summed E-state index contributed by atoms with van der Waals surface area (Å²) in [5.41, 5.74) is 1.65. The van der Waals surface area contributed by atoms with E-state index in [4.69, 9.17) is 0 Å². The Balaban J connectivity index is 2.26. The van der Waals surface area contributed by atoms with Crippen LogP contribution in [-0.4, -0.2) is 50.7 Å². The molecule has 6 heteroatoms. The van der Waals surface area contributed by atoms with Crippen LogP contribution in [0.4, 0.5) is 0 Å². The number of aromatic nitrogens is 2. The molecule has 6 nitrogen and oxygen atoms in total. The minimum Gasteiger partial charge on any atom is -0.394 e. The van der Waals surface area contributed by atoms with Crippen molar-refractivity contribution in [3.8, 4) is 0 Å². The van der Waals surface area contributed by atoms with Gasteiger partial charge in [-0.15, -0.1) is 0 Å². The highest BCUT2D eigenvalue weighted by molar-refractivity contribution is 6.43. The van der Waals surface area contributed by atoms with Crippen molar-refractivity contribution in [2.75, 3.05) is 13.2 Å². The van der Waals surface area contributed by atoms with E-state index in [0.29, 0.717) is 23.5 Å². The normalized spacial score (nSPS) is 19.2. The fourth-order valence-electron chi connectivity index (χ4n) is 2.80. The van der Waals surface area contributed by atoms with E-state index in [0.717, 1.165) is 19.3 Å². The number of hydrogen-bond acceptors (Lipinski definition) is 4. The Morgan fingerprint density at radius 3 is 2.60 bits per heavy atom. The van der Waals surface area contributed by atoms with Gasteiger partial charge in [0.05, 0.1) is 23.9 Å². The Morgan fingerprint density at radius 2 is 2.05 bits per heavy atom. The van der Waals surface area contributed by atoms with E-state index in [1.807, 2.05) is 0 Å². The number of carbonyl (C=O) groups excluding carboxylic acids is 2. The zero-order valence-electron chi connectivity index (χ0n) is 12.2. The molecule has 0 bridgehead atoms. The molecule has 1 aliphatic rings. The number of nitrogens with zero attached hydrogens (tertiary/aromatic N) is 3. The zero-order valence-corrected chi connectivity index (χ0v) is 12.2. The van der Waals surface area contributed by atoms with Crippen molar-refractivity contribution in [2.45, 2.75) is 39.2 Å². The second-order valence-electron chi connectivity index (χ2n) is 5.33. The lowest BCUT2D eigenvalue weighted by Gasteiger charge is -2.34. The van der Waals surface area contributed by atoms with E-state index >= 15 is 0 Å². The first-order valence-corrected chi connectivity index (χ1v) is 6.93. The van der Waals surface area contributed by atoms with Crippen LogP contribution in [0.1, 0.15) is 41.0 Å². The van der Waals surface area contributed by atoms with Crippen molar-refractivity contribution in [3.63, 3.8) is 0 Å². The number of carbonyl (C=O) groups is 2. The molecule has 1 amide bonds. The molecule has 1 unspecified atom stereocenters. The zero-order chi connectivity index (χ0) is 14.9. The molecule has 1 fully saturated rings. The summed E-state index contributed by atoms with van der Waals surface area (Å²) in [5, 5.41) is 13.5. The van der Waals surface area contributed by atoms with Gasteiger partial charge < -0.3 is 10.0 Å². The van der Waals surface area contributed by atoms with Gasteiger partial charge in [0, 0.05) is 19.3 Å². The number of ketones is 1. The number of likely N-dealkylation sites (tertiary alicyclic amines) is 1. The number of rotatable bonds is 3. The first kappa shape index (κ1) is 14.7. The molecule has 0 saturated carbocycles. The molecule has 1 atom stereocenters. The minimum absolute atomic E-state index is 0.0932. The highest BCUT2D eigenvalue weighted by Crippen LogP contribution is 2.20. The number of aliphatic hydroxyl groups is 1. The van der Waals surface area contributed by atoms with Gasteiger partial charge in [-0.3, -0.25) is 14.3 Å². The van der Waals surface area contributed by atoms with Crippen molar-refractivity contribution in [1.82, 2.24) is 14.7 Å². The monoisotopic (exact) mass is 279 g/mol. The third kappa shape index (κ3) is 2.47. The number of amides is 1. The largest absolute Gasteiger partial charge is 0.394 e. The van der Waals surface area contributed by atoms with E-state index in [1.165, 1.54) is 4.90 Å². The number of aliphatic hydroxyl groups excluding tert-OH is 1. The summed E-state index contributed by atoms with van der Waals surface area (Å²) in [5.74, 6) is -1.04. The molecular formula is C14H21N3O3. The SMILES string of the molecule is Cc1nn(C)c(C)c1C(=O)C(=O)N1CCCCC1CO. The molecular weight excluding hydrogens is 258 g/mol. The molecule has 1 aromatic heterocycles. The van der Waals surface area contributed by atoms with Gasteiger partial charge in [0.2, 0.25) is 0 Å². The number of hydrogen-bond donors (Lipinski definition) is 1. The highest BCUT2D eigenvalue weighted by atomic mass is 16.3. The first-order valence-electron chi connectivity index (χ1n) is 6.93. The molecule has 0 aliphatic carbocycles. The molecule has 0 spiro atoms. The average Bonchev–Trinajstić information content (AvgIpc) is 2.70. The van der Waals surface area contributed by atoms with Crippen LogP contribution in [0.25, 0.3) is 0 Å². The van der Waals surface area contributed by atoms with Crippen LogP contribution in [-0.2, 0) is 11.8 Å². The quantitative estimate of drug-likeness (QED) is 0.649. The predicted octanol–water partition coefficient (Wildman–Crippen LogP) is 0.593. The summed E-state index contributed by atoms with van der Waals surface area (Å²) in [6.07, 6.45) is 2.61. The van der Waals surface area contributed by atoms with Gasteiger partial charge in [-0.2, -0.15) is 5.10 Å². The van der Waals surface area contributed by atoms with E-state index < -0.39 is 11.7 Å². The Hall–Kier alpha value is -1.69. The standard InChI is InChI=1S/C14H21N3O3/c1-9-12(10(2)16(3)15-9)13(19)14(20)17-7-5-4-6-11(17)8-18/h11,18H,4-8H2,1-3H3. The fourth-order valence-corrected chi connectivity index (χ4v) is 2.80. The lowest BCUT2D eigenvalue weighted by molar-refractivity contribution is -0.130. The number of Topliss-reactive ketones (excluding diaryl/α,β-unsaturated/α-hetero) is 1. The van der Waals surface area contributed by atoms with Crippen molar-refractivity contribution in [2.24, 2.45) is 7.05 Å². The van der Waals surface area contributed by atoms with Gasteiger partial charge in [-0.25, -0.2) is 0 Å². The Morgan fingerprint density at radius 1 is 1.35 bits per heavy atom. The van der Waals surface area contributed by atoms with Gasteiger partial charge in [-0.05, 0) is 33.1 Å². The smallest absolute Gasteiger partial charge is 0.295 e.